The quantitative estimate of drug-likeness (QED) is 0.871. The standard InChI is InChI=1S/C16H16ClN3O2S/c17-15-12(6-9-23-15)19-16(22)20-8-7-18-14(21)10-13(20)11-4-2-1-3-5-11/h1-6,9,13H,7-8,10H2,(H,18,21)(H,19,22)/t13-/m1/s1. The fourth-order valence-corrected chi connectivity index (χ4v) is 3.45. The number of hydrogen-bond acceptors (Lipinski definition) is 3. The van der Waals surface area contributed by atoms with Crippen LogP contribution in [-0.4, -0.2) is 29.9 Å². The molecule has 5 nitrogen and oxygen atoms in total. The first kappa shape index (κ1) is 15.8. The van der Waals surface area contributed by atoms with Gasteiger partial charge in [0, 0.05) is 13.1 Å². The Kier molecular flexibility index (Phi) is 4.83. The molecular formula is C16H16ClN3O2S. The maximum Gasteiger partial charge on any atom is 0.322 e. The summed E-state index contributed by atoms with van der Waals surface area (Å²) in [5.41, 5.74) is 1.54. The van der Waals surface area contributed by atoms with Gasteiger partial charge in [0.25, 0.3) is 0 Å². The highest BCUT2D eigenvalue weighted by Gasteiger charge is 2.30. The van der Waals surface area contributed by atoms with Crippen LogP contribution in [0.3, 0.4) is 0 Å². The van der Waals surface area contributed by atoms with Crippen molar-refractivity contribution in [3.8, 4) is 0 Å². The highest BCUT2D eigenvalue weighted by molar-refractivity contribution is 7.15. The van der Waals surface area contributed by atoms with Gasteiger partial charge in [-0.25, -0.2) is 4.79 Å². The summed E-state index contributed by atoms with van der Waals surface area (Å²) in [6.07, 6.45) is 0.245. The highest BCUT2D eigenvalue weighted by Crippen LogP contribution is 2.30. The fourth-order valence-electron chi connectivity index (χ4n) is 2.61. The second-order valence-electron chi connectivity index (χ2n) is 5.21. The van der Waals surface area contributed by atoms with E-state index in [4.69, 9.17) is 11.6 Å². The molecule has 1 saturated heterocycles. The minimum absolute atomic E-state index is 0.0530. The van der Waals surface area contributed by atoms with Crippen molar-refractivity contribution in [2.75, 3.05) is 18.4 Å². The number of halogens is 1. The molecule has 3 rings (SSSR count). The molecule has 120 valence electrons. The molecule has 1 atom stereocenters. The molecule has 23 heavy (non-hydrogen) atoms. The summed E-state index contributed by atoms with van der Waals surface area (Å²) >= 11 is 7.41. The van der Waals surface area contributed by atoms with E-state index in [0.29, 0.717) is 23.1 Å². The van der Waals surface area contributed by atoms with E-state index in [0.717, 1.165) is 5.56 Å². The van der Waals surface area contributed by atoms with Crippen LogP contribution >= 0.6 is 22.9 Å². The highest BCUT2D eigenvalue weighted by atomic mass is 35.5. The van der Waals surface area contributed by atoms with Gasteiger partial charge in [0.15, 0.2) is 0 Å². The van der Waals surface area contributed by atoms with Crippen LogP contribution in [0, 0.1) is 0 Å². The monoisotopic (exact) mass is 349 g/mol. The first-order chi connectivity index (χ1) is 11.1. The Labute approximate surface area is 143 Å². The van der Waals surface area contributed by atoms with Crippen LogP contribution < -0.4 is 10.6 Å². The van der Waals surface area contributed by atoms with Crippen molar-refractivity contribution in [1.82, 2.24) is 10.2 Å². The number of thiophene rings is 1. The lowest BCUT2D eigenvalue weighted by molar-refractivity contribution is -0.121. The lowest BCUT2D eigenvalue weighted by atomic mass is 10.0. The van der Waals surface area contributed by atoms with E-state index in [2.05, 4.69) is 10.6 Å². The predicted molar refractivity (Wildman–Crippen MR) is 91.9 cm³/mol. The van der Waals surface area contributed by atoms with Gasteiger partial charge in [-0.3, -0.25) is 4.79 Å². The molecule has 0 bridgehead atoms. The second-order valence-corrected chi connectivity index (χ2v) is 6.73. The molecule has 1 aliphatic heterocycles. The van der Waals surface area contributed by atoms with Crippen molar-refractivity contribution in [1.29, 1.82) is 0 Å². The molecule has 0 unspecified atom stereocenters. The smallest absolute Gasteiger partial charge is 0.322 e. The zero-order valence-electron chi connectivity index (χ0n) is 12.3. The van der Waals surface area contributed by atoms with E-state index < -0.39 is 0 Å². The lowest BCUT2D eigenvalue weighted by Gasteiger charge is -2.29. The van der Waals surface area contributed by atoms with Crippen LogP contribution in [0.15, 0.2) is 41.8 Å². The summed E-state index contributed by atoms with van der Waals surface area (Å²) < 4.78 is 0.540. The van der Waals surface area contributed by atoms with Crippen LogP contribution in [0.1, 0.15) is 18.0 Å². The molecular weight excluding hydrogens is 334 g/mol. The van der Waals surface area contributed by atoms with E-state index in [9.17, 15) is 9.59 Å². The molecule has 2 heterocycles. The summed E-state index contributed by atoms with van der Waals surface area (Å²) in [5, 5.41) is 7.46. The molecule has 7 heteroatoms. The number of urea groups is 1. The first-order valence-electron chi connectivity index (χ1n) is 7.27. The Morgan fingerprint density at radius 2 is 2.09 bits per heavy atom. The number of nitrogens with zero attached hydrogens (tertiary/aromatic N) is 1. The maximum absolute atomic E-state index is 12.7. The van der Waals surface area contributed by atoms with Gasteiger partial charge in [-0.1, -0.05) is 41.9 Å². The van der Waals surface area contributed by atoms with Gasteiger partial charge in [0.2, 0.25) is 5.91 Å². The predicted octanol–water partition coefficient (Wildman–Crippen LogP) is 3.50. The Morgan fingerprint density at radius 3 is 2.78 bits per heavy atom. The Morgan fingerprint density at radius 1 is 1.30 bits per heavy atom. The topological polar surface area (TPSA) is 61.4 Å². The third kappa shape index (κ3) is 3.65. The summed E-state index contributed by atoms with van der Waals surface area (Å²) in [6, 6.07) is 10.8. The largest absolute Gasteiger partial charge is 0.354 e. The average Bonchev–Trinajstić information content (AvgIpc) is 2.84. The molecule has 2 N–H and O–H groups in total. The summed E-state index contributed by atoms with van der Waals surface area (Å²) in [6.45, 7) is 0.881. The maximum atomic E-state index is 12.7. The average molecular weight is 350 g/mol. The lowest BCUT2D eigenvalue weighted by Crippen LogP contribution is -2.39. The van der Waals surface area contributed by atoms with E-state index in [1.165, 1.54) is 11.3 Å². The van der Waals surface area contributed by atoms with E-state index in [-0.39, 0.29) is 24.4 Å². The van der Waals surface area contributed by atoms with Crippen LogP contribution in [0.5, 0.6) is 0 Å². The van der Waals surface area contributed by atoms with Crippen molar-refractivity contribution in [2.24, 2.45) is 0 Å². The van der Waals surface area contributed by atoms with Gasteiger partial charge in [-0.05, 0) is 17.0 Å². The molecule has 0 aliphatic carbocycles. The van der Waals surface area contributed by atoms with Gasteiger partial charge in [0.05, 0.1) is 18.2 Å². The second kappa shape index (κ2) is 7.02. The molecule has 1 fully saturated rings. The number of anilines is 1. The molecule has 3 amide bonds. The van der Waals surface area contributed by atoms with Crippen molar-refractivity contribution < 1.29 is 9.59 Å². The number of rotatable bonds is 2. The number of carbonyl (C=O) groups excluding carboxylic acids is 2. The Balaban J connectivity index is 1.85. The van der Waals surface area contributed by atoms with Crippen molar-refractivity contribution in [2.45, 2.75) is 12.5 Å². The van der Waals surface area contributed by atoms with Gasteiger partial charge in [0.1, 0.15) is 4.34 Å². The molecule has 1 aliphatic rings. The molecule has 2 aromatic rings. The minimum atomic E-state index is -0.295. The number of amides is 3. The van der Waals surface area contributed by atoms with Crippen molar-refractivity contribution in [3.63, 3.8) is 0 Å². The number of benzene rings is 1. The summed E-state index contributed by atoms with van der Waals surface area (Å²) in [5.74, 6) is -0.0530. The van der Waals surface area contributed by atoms with Gasteiger partial charge < -0.3 is 15.5 Å². The normalized spacial score (nSPS) is 18.2. The SMILES string of the molecule is O=C1C[C@H](c2ccccc2)N(C(=O)Nc2ccsc2Cl)CCN1. The molecule has 1 aromatic carbocycles. The van der Waals surface area contributed by atoms with Crippen LogP contribution in [0.4, 0.5) is 10.5 Å². The molecule has 1 aromatic heterocycles. The van der Waals surface area contributed by atoms with Crippen molar-refractivity contribution in [3.05, 3.63) is 51.7 Å². The van der Waals surface area contributed by atoms with Gasteiger partial charge in [-0.15, -0.1) is 11.3 Å². The minimum Gasteiger partial charge on any atom is -0.354 e. The zero-order valence-corrected chi connectivity index (χ0v) is 13.9. The van der Waals surface area contributed by atoms with Crippen LogP contribution in [0.25, 0.3) is 0 Å². The van der Waals surface area contributed by atoms with E-state index in [1.807, 2.05) is 35.7 Å². The summed E-state index contributed by atoms with van der Waals surface area (Å²) in [4.78, 5) is 26.3. The number of hydrogen-bond donors (Lipinski definition) is 2. The van der Waals surface area contributed by atoms with Crippen LogP contribution in [-0.2, 0) is 4.79 Å². The third-order valence-corrected chi connectivity index (χ3v) is 4.90. The van der Waals surface area contributed by atoms with Crippen LogP contribution in [0.2, 0.25) is 4.34 Å². The first-order valence-corrected chi connectivity index (χ1v) is 8.53. The number of nitrogens with one attached hydrogen (secondary N) is 2. The Bertz CT molecular complexity index is 704. The molecule has 0 spiro atoms. The summed E-state index contributed by atoms with van der Waals surface area (Å²) in [7, 11) is 0. The number of carbonyl (C=O) groups is 2. The molecule has 0 radical (unpaired) electrons. The zero-order chi connectivity index (χ0) is 16.2. The van der Waals surface area contributed by atoms with E-state index >= 15 is 0 Å². The van der Waals surface area contributed by atoms with Gasteiger partial charge in [-0.2, -0.15) is 0 Å². The van der Waals surface area contributed by atoms with Crippen molar-refractivity contribution >= 4 is 40.6 Å². The fraction of sp³-hybridized carbons (Fsp3) is 0.250. The molecule has 0 saturated carbocycles. The third-order valence-electron chi connectivity index (χ3n) is 3.73. The van der Waals surface area contributed by atoms with E-state index in [1.54, 1.807) is 11.0 Å². The Hall–Kier alpha value is -2.05. The van der Waals surface area contributed by atoms with Gasteiger partial charge >= 0.3 is 6.03 Å².